The van der Waals surface area contributed by atoms with E-state index in [0.717, 1.165) is 18.5 Å². The normalized spacial score (nSPS) is 14.6. The number of piperazine rings is 1. The number of carbonyl (C=O) groups is 1. The smallest absolute Gasteiger partial charge is 0.410 e. The Morgan fingerprint density at radius 3 is 2.38 bits per heavy atom. The van der Waals surface area contributed by atoms with E-state index in [4.69, 9.17) is 16.3 Å². The lowest BCUT2D eigenvalue weighted by Crippen LogP contribution is -2.50. The molecule has 0 bridgehead atoms. The van der Waals surface area contributed by atoms with Gasteiger partial charge in [0.15, 0.2) is 17.5 Å². The maximum absolute atomic E-state index is 15.5. The monoisotopic (exact) mass is 494 g/mol. The fraction of sp³-hybridized carbons (Fsp3) is 0.348. The summed E-state index contributed by atoms with van der Waals surface area (Å²) in [7, 11) is 0. The first-order chi connectivity index (χ1) is 16.0. The number of hydrogen-bond acceptors (Lipinski definition) is 6. The molecule has 34 heavy (non-hydrogen) atoms. The zero-order valence-corrected chi connectivity index (χ0v) is 19.5. The predicted molar refractivity (Wildman–Crippen MR) is 122 cm³/mol. The largest absolute Gasteiger partial charge is 0.507 e. The summed E-state index contributed by atoms with van der Waals surface area (Å²) in [6.45, 7) is 6.87. The van der Waals surface area contributed by atoms with Crippen LogP contribution in [0.2, 0.25) is 5.02 Å². The second-order valence-corrected chi connectivity index (χ2v) is 9.26. The molecule has 1 aliphatic rings. The van der Waals surface area contributed by atoms with Gasteiger partial charge in [-0.25, -0.2) is 27.9 Å². The van der Waals surface area contributed by atoms with Gasteiger partial charge in [-0.3, -0.25) is 0 Å². The van der Waals surface area contributed by atoms with Crippen molar-refractivity contribution >= 4 is 34.4 Å². The summed E-state index contributed by atoms with van der Waals surface area (Å²) in [5.74, 6) is -3.97. The molecule has 1 N–H and O–H groups in total. The molecule has 180 valence electrons. The number of phenolic OH excluding ortho intramolecular Hbond substituents is 1. The van der Waals surface area contributed by atoms with Crippen LogP contribution < -0.4 is 4.90 Å². The number of nitrogens with zero attached hydrogens (tertiary/aromatic N) is 4. The number of benzene rings is 2. The van der Waals surface area contributed by atoms with Gasteiger partial charge in [0.2, 0.25) is 0 Å². The van der Waals surface area contributed by atoms with Crippen molar-refractivity contribution in [3.63, 3.8) is 0 Å². The number of ether oxygens (including phenoxy) is 1. The second kappa shape index (κ2) is 8.83. The van der Waals surface area contributed by atoms with Crippen molar-refractivity contribution in [1.82, 2.24) is 14.9 Å². The van der Waals surface area contributed by atoms with Gasteiger partial charge in [-0.2, -0.15) is 0 Å². The lowest BCUT2D eigenvalue weighted by molar-refractivity contribution is 0.0240. The Balaban J connectivity index is 1.69. The minimum absolute atomic E-state index is 0.165. The molecule has 11 heteroatoms. The van der Waals surface area contributed by atoms with Gasteiger partial charge in [-0.1, -0.05) is 11.6 Å². The summed E-state index contributed by atoms with van der Waals surface area (Å²) in [6, 6.07) is 3.01. The molecule has 7 nitrogen and oxygen atoms in total. The Hall–Kier alpha value is -3.27. The van der Waals surface area contributed by atoms with Gasteiger partial charge in [0.05, 0.1) is 10.6 Å². The predicted octanol–water partition coefficient (Wildman–Crippen LogP) is 5.13. The molecule has 0 saturated carbocycles. The second-order valence-electron chi connectivity index (χ2n) is 8.85. The first-order valence-corrected chi connectivity index (χ1v) is 10.9. The summed E-state index contributed by atoms with van der Waals surface area (Å²) in [5, 5.41) is 10.1. The van der Waals surface area contributed by atoms with Crippen LogP contribution in [-0.4, -0.2) is 57.8 Å². The van der Waals surface area contributed by atoms with E-state index in [9.17, 15) is 18.7 Å². The van der Waals surface area contributed by atoms with E-state index in [1.807, 2.05) is 4.90 Å². The first kappa shape index (κ1) is 23.9. The molecule has 1 aromatic heterocycles. The highest BCUT2D eigenvalue weighted by Gasteiger charge is 2.29. The Morgan fingerprint density at radius 1 is 1.06 bits per heavy atom. The van der Waals surface area contributed by atoms with Crippen molar-refractivity contribution in [1.29, 1.82) is 0 Å². The van der Waals surface area contributed by atoms with Crippen LogP contribution in [0.5, 0.6) is 5.75 Å². The van der Waals surface area contributed by atoms with Crippen LogP contribution in [0.4, 0.5) is 23.8 Å². The van der Waals surface area contributed by atoms with Crippen LogP contribution in [0, 0.1) is 17.5 Å². The van der Waals surface area contributed by atoms with Gasteiger partial charge < -0.3 is 19.6 Å². The van der Waals surface area contributed by atoms with E-state index in [2.05, 4.69) is 9.97 Å². The van der Waals surface area contributed by atoms with Crippen LogP contribution in [0.15, 0.2) is 24.5 Å². The summed E-state index contributed by atoms with van der Waals surface area (Å²) in [4.78, 5) is 24.0. The molecule has 3 aromatic rings. The fourth-order valence-electron chi connectivity index (χ4n) is 3.80. The highest BCUT2D eigenvalue weighted by atomic mass is 35.5. The van der Waals surface area contributed by atoms with Crippen molar-refractivity contribution in [3.8, 4) is 16.9 Å². The highest BCUT2D eigenvalue weighted by molar-refractivity contribution is 6.34. The maximum Gasteiger partial charge on any atom is 0.410 e. The van der Waals surface area contributed by atoms with Crippen LogP contribution in [0.1, 0.15) is 20.8 Å². The number of halogens is 4. The Kier molecular flexibility index (Phi) is 6.20. The molecular formula is C23H22ClF3N4O3. The molecule has 0 atom stereocenters. The number of hydrogen-bond donors (Lipinski definition) is 1. The molecular weight excluding hydrogens is 473 g/mol. The van der Waals surface area contributed by atoms with Gasteiger partial charge in [0, 0.05) is 37.1 Å². The lowest BCUT2D eigenvalue weighted by Gasteiger charge is -2.36. The zero-order valence-electron chi connectivity index (χ0n) is 18.7. The van der Waals surface area contributed by atoms with E-state index in [1.165, 1.54) is 6.07 Å². The first-order valence-electron chi connectivity index (χ1n) is 10.5. The minimum atomic E-state index is -1.42. The van der Waals surface area contributed by atoms with Gasteiger partial charge in [-0.05, 0) is 39.0 Å². The quantitative estimate of drug-likeness (QED) is 0.532. The Bertz CT molecular complexity index is 1270. The topological polar surface area (TPSA) is 78.8 Å². The zero-order chi connectivity index (χ0) is 24.8. The number of carbonyl (C=O) groups excluding carboxylic acids is 1. The van der Waals surface area contributed by atoms with Crippen molar-refractivity contribution in [2.75, 3.05) is 31.1 Å². The number of fused-ring (bicyclic) bond motifs is 1. The van der Waals surface area contributed by atoms with E-state index >= 15 is 4.39 Å². The molecule has 1 saturated heterocycles. The number of aromatic nitrogens is 2. The summed E-state index contributed by atoms with van der Waals surface area (Å²) in [5.41, 5.74) is -1.96. The van der Waals surface area contributed by atoms with Gasteiger partial charge in [0.1, 0.15) is 29.0 Å². The summed E-state index contributed by atoms with van der Waals surface area (Å²) in [6.07, 6.45) is 0.732. The minimum Gasteiger partial charge on any atom is -0.507 e. The Morgan fingerprint density at radius 2 is 1.74 bits per heavy atom. The van der Waals surface area contributed by atoms with Gasteiger partial charge in [-0.15, -0.1) is 0 Å². The van der Waals surface area contributed by atoms with Crippen LogP contribution in [-0.2, 0) is 4.74 Å². The van der Waals surface area contributed by atoms with Crippen molar-refractivity contribution < 1.29 is 27.8 Å². The van der Waals surface area contributed by atoms with Gasteiger partial charge >= 0.3 is 6.09 Å². The lowest BCUT2D eigenvalue weighted by atomic mass is 10.0. The Labute approximate surface area is 198 Å². The molecule has 0 aliphatic carbocycles. The third-order valence-corrected chi connectivity index (χ3v) is 5.65. The third-order valence-electron chi connectivity index (χ3n) is 5.35. The molecule has 0 unspecified atom stereocenters. The third kappa shape index (κ3) is 4.42. The molecule has 1 amide bonds. The molecule has 2 heterocycles. The highest BCUT2D eigenvalue weighted by Crippen LogP contribution is 2.42. The molecule has 0 radical (unpaired) electrons. The fourth-order valence-corrected chi connectivity index (χ4v) is 4.09. The number of anilines is 1. The number of aromatic hydroxyl groups is 1. The standard InChI is InChI=1S/C23H22ClF3N4O3/c1-23(2,3)34-22(33)31-8-6-30(7-9-31)21-12-10-13(24)16(19(27)20(12)28-11-29-21)17-15(32)5-4-14(25)18(17)26/h4-5,10-11,32H,6-9H2,1-3H3. The number of rotatable bonds is 2. The van der Waals surface area contributed by atoms with E-state index < -0.39 is 46.0 Å². The van der Waals surface area contributed by atoms with Crippen LogP contribution >= 0.6 is 11.6 Å². The maximum atomic E-state index is 15.5. The van der Waals surface area contributed by atoms with E-state index in [-0.39, 0.29) is 15.9 Å². The van der Waals surface area contributed by atoms with E-state index in [0.29, 0.717) is 32.0 Å². The average Bonchev–Trinajstić information content (AvgIpc) is 2.77. The molecule has 1 fully saturated rings. The SMILES string of the molecule is CC(C)(C)OC(=O)N1CCN(c2ncnc3c(F)c(-c4c(O)ccc(F)c4F)c(Cl)cc23)CC1. The number of phenols is 1. The molecule has 0 spiro atoms. The van der Waals surface area contributed by atoms with E-state index in [1.54, 1.807) is 25.7 Å². The van der Waals surface area contributed by atoms with Crippen LogP contribution in [0.25, 0.3) is 22.0 Å². The van der Waals surface area contributed by atoms with Crippen molar-refractivity contribution in [3.05, 3.63) is 47.0 Å². The average molecular weight is 495 g/mol. The van der Waals surface area contributed by atoms with Gasteiger partial charge in [0.25, 0.3) is 0 Å². The number of amides is 1. The summed E-state index contributed by atoms with van der Waals surface area (Å²) >= 11 is 6.29. The molecule has 4 rings (SSSR count). The van der Waals surface area contributed by atoms with Crippen molar-refractivity contribution in [2.24, 2.45) is 0 Å². The van der Waals surface area contributed by atoms with Crippen LogP contribution in [0.3, 0.4) is 0 Å². The van der Waals surface area contributed by atoms with Crippen molar-refractivity contribution in [2.45, 2.75) is 26.4 Å². The molecule has 2 aromatic carbocycles. The molecule has 1 aliphatic heterocycles. The summed E-state index contributed by atoms with van der Waals surface area (Å²) < 4.78 is 49.1.